The van der Waals surface area contributed by atoms with Crippen molar-refractivity contribution in [1.82, 2.24) is 20.2 Å². The van der Waals surface area contributed by atoms with Crippen molar-refractivity contribution in [2.75, 3.05) is 45.2 Å². The number of nitrogens with one attached hydrogen (secondary N) is 1. The average Bonchev–Trinajstić information content (AvgIpc) is 3.40. The zero-order chi connectivity index (χ0) is 24.8. The van der Waals surface area contributed by atoms with Crippen molar-refractivity contribution in [2.45, 2.75) is 13.2 Å². The monoisotopic (exact) mass is 498 g/mol. The van der Waals surface area contributed by atoms with Crippen molar-refractivity contribution in [3.63, 3.8) is 0 Å². The first-order valence-corrected chi connectivity index (χ1v) is 11.9. The number of carbonyl (C=O) groups excluding carboxylic acids is 1. The van der Waals surface area contributed by atoms with E-state index in [-0.39, 0.29) is 35.9 Å². The Bertz CT molecular complexity index is 1160. The maximum atomic E-state index is 12.9. The summed E-state index contributed by atoms with van der Waals surface area (Å²) in [5.41, 5.74) is 2.65. The third kappa shape index (κ3) is 6.03. The van der Waals surface area contributed by atoms with Gasteiger partial charge in [0.15, 0.2) is 11.5 Å². The SMILES string of the molecule is COc1cc(C(=O)NCc2ccc(N3CCN(C)CC3)nc2)c([N+](=O)[O-])cc1OCc1cscn1. The summed E-state index contributed by atoms with van der Waals surface area (Å²) in [6.07, 6.45) is 1.71. The molecule has 184 valence electrons. The molecule has 0 aliphatic carbocycles. The standard InChI is InChI=1S/C23H26N6O5S/c1-27-5-7-28(8-6-27)22-4-3-16(11-24-22)12-25-23(30)18-9-20(33-2)21(10-19(18)29(31)32)34-13-17-14-35-15-26-17/h3-4,9-11,14-15H,5-8,12-13H2,1-2H3,(H,25,30). The number of rotatable bonds is 9. The van der Waals surface area contributed by atoms with Crippen molar-refractivity contribution in [1.29, 1.82) is 0 Å². The van der Waals surface area contributed by atoms with Crippen LogP contribution in [0.4, 0.5) is 11.5 Å². The van der Waals surface area contributed by atoms with Gasteiger partial charge in [0.2, 0.25) is 0 Å². The van der Waals surface area contributed by atoms with Crippen molar-refractivity contribution >= 4 is 28.7 Å². The fraction of sp³-hybridized carbons (Fsp3) is 0.348. The first-order valence-electron chi connectivity index (χ1n) is 11.0. The number of pyridine rings is 1. The molecule has 1 aromatic carbocycles. The minimum absolute atomic E-state index is 0.116. The Morgan fingerprint density at radius 2 is 2.00 bits per heavy atom. The van der Waals surface area contributed by atoms with Crippen LogP contribution in [0.25, 0.3) is 0 Å². The molecular formula is C23H26N6O5S. The van der Waals surface area contributed by atoms with E-state index in [9.17, 15) is 14.9 Å². The van der Waals surface area contributed by atoms with Crippen LogP contribution in [0.5, 0.6) is 11.5 Å². The lowest BCUT2D eigenvalue weighted by atomic mass is 10.1. The van der Waals surface area contributed by atoms with Crippen LogP contribution < -0.4 is 19.7 Å². The molecule has 1 fully saturated rings. The van der Waals surface area contributed by atoms with Gasteiger partial charge in [-0.3, -0.25) is 14.9 Å². The Balaban J connectivity index is 1.43. The van der Waals surface area contributed by atoms with Gasteiger partial charge in [-0.15, -0.1) is 11.3 Å². The van der Waals surface area contributed by atoms with Gasteiger partial charge in [0.1, 0.15) is 18.0 Å². The molecule has 0 radical (unpaired) electrons. The number of aromatic nitrogens is 2. The molecule has 3 heterocycles. The number of nitro groups is 1. The molecule has 0 saturated carbocycles. The molecule has 2 aromatic heterocycles. The molecule has 1 aliphatic rings. The van der Waals surface area contributed by atoms with E-state index in [1.165, 1.54) is 30.6 Å². The second-order valence-electron chi connectivity index (χ2n) is 8.04. The summed E-state index contributed by atoms with van der Waals surface area (Å²) in [6, 6.07) is 6.34. The Morgan fingerprint density at radius 3 is 2.63 bits per heavy atom. The number of amides is 1. The summed E-state index contributed by atoms with van der Waals surface area (Å²) >= 11 is 1.42. The lowest BCUT2D eigenvalue weighted by molar-refractivity contribution is -0.385. The summed E-state index contributed by atoms with van der Waals surface area (Å²) < 4.78 is 11.0. The molecule has 11 nitrogen and oxygen atoms in total. The van der Waals surface area contributed by atoms with E-state index in [2.05, 4.69) is 32.1 Å². The molecule has 1 aliphatic heterocycles. The number of methoxy groups -OCH3 is 1. The molecule has 3 aromatic rings. The minimum atomic E-state index is -0.615. The Morgan fingerprint density at radius 1 is 1.20 bits per heavy atom. The predicted molar refractivity (Wildman–Crippen MR) is 131 cm³/mol. The predicted octanol–water partition coefficient (Wildman–Crippen LogP) is 2.72. The van der Waals surface area contributed by atoms with E-state index in [0.717, 1.165) is 37.6 Å². The van der Waals surface area contributed by atoms with Crippen molar-refractivity contribution in [3.8, 4) is 11.5 Å². The summed E-state index contributed by atoms with van der Waals surface area (Å²) in [5.74, 6) is 0.674. The van der Waals surface area contributed by atoms with Crippen LogP contribution >= 0.6 is 11.3 Å². The first kappa shape index (κ1) is 24.4. The Hall–Kier alpha value is -3.77. The van der Waals surface area contributed by atoms with Crippen LogP contribution in [0.3, 0.4) is 0 Å². The number of benzene rings is 1. The highest BCUT2D eigenvalue weighted by molar-refractivity contribution is 7.07. The van der Waals surface area contributed by atoms with Gasteiger partial charge in [0.25, 0.3) is 11.6 Å². The largest absolute Gasteiger partial charge is 0.493 e. The number of likely N-dealkylation sites (N-methyl/N-ethyl adjacent to an activating group) is 1. The Labute approximate surface area is 206 Å². The highest BCUT2D eigenvalue weighted by Gasteiger charge is 2.25. The van der Waals surface area contributed by atoms with E-state index in [1.807, 2.05) is 17.5 Å². The van der Waals surface area contributed by atoms with E-state index >= 15 is 0 Å². The Kier molecular flexibility index (Phi) is 7.73. The topological polar surface area (TPSA) is 123 Å². The van der Waals surface area contributed by atoms with Crippen LogP contribution in [0.15, 0.2) is 41.4 Å². The van der Waals surface area contributed by atoms with Crippen LogP contribution in [0, 0.1) is 10.1 Å². The fourth-order valence-corrected chi connectivity index (χ4v) is 4.18. The van der Waals surface area contributed by atoms with Crippen molar-refractivity contribution in [3.05, 3.63) is 68.3 Å². The summed E-state index contributed by atoms with van der Waals surface area (Å²) in [5, 5.41) is 16.2. The van der Waals surface area contributed by atoms with Gasteiger partial charge >= 0.3 is 0 Å². The van der Waals surface area contributed by atoms with E-state index < -0.39 is 10.8 Å². The normalized spacial score (nSPS) is 13.9. The average molecular weight is 499 g/mol. The summed E-state index contributed by atoms with van der Waals surface area (Å²) in [6.45, 7) is 4.09. The molecular weight excluding hydrogens is 472 g/mol. The maximum Gasteiger partial charge on any atom is 0.286 e. The third-order valence-electron chi connectivity index (χ3n) is 5.67. The number of thiazole rings is 1. The lowest BCUT2D eigenvalue weighted by Gasteiger charge is -2.33. The van der Waals surface area contributed by atoms with Gasteiger partial charge in [0.05, 0.1) is 29.3 Å². The van der Waals surface area contributed by atoms with Crippen LogP contribution in [0.2, 0.25) is 0 Å². The van der Waals surface area contributed by atoms with Crippen molar-refractivity contribution in [2.24, 2.45) is 0 Å². The van der Waals surface area contributed by atoms with Gasteiger partial charge in [-0.1, -0.05) is 6.07 Å². The number of nitro benzene ring substituents is 1. The maximum absolute atomic E-state index is 12.9. The van der Waals surface area contributed by atoms with Gasteiger partial charge in [0, 0.05) is 50.4 Å². The van der Waals surface area contributed by atoms with E-state index in [0.29, 0.717) is 5.69 Å². The zero-order valence-electron chi connectivity index (χ0n) is 19.5. The summed E-state index contributed by atoms with van der Waals surface area (Å²) in [7, 11) is 3.51. The van der Waals surface area contributed by atoms with Gasteiger partial charge in [-0.05, 0) is 18.7 Å². The number of carbonyl (C=O) groups is 1. The molecule has 1 N–H and O–H groups in total. The molecule has 0 atom stereocenters. The fourth-order valence-electron chi connectivity index (χ4n) is 3.64. The second kappa shape index (κ2) is 11.1. The second-order valence-corrected chi connectivity index (χ2v) is 8.76. The smallest absolute Gasteiger partial charge is 0.286 e. The zero-order valence-corrected chi connectivity index (χ0v) is 20.3. The van der Waals surface area contributed by atoms with Crippen LogP contribution in [-0.4, -0.2) is 66.0 Å². The van der Waals surface area contributed by atoms with Crippen LogP contribution in [-0.2, 0) is 13.2 Å². The van der Waals surface area contributed by atoms with Crippen LogP contribution in [0.1, 0.15) is 21.6 Å². The number of ether oxygens (including phenoxy) is 2. The first-order chi connectivity index (χ1) is 16.9. The number of hydrogen-bond donors (Lipinski definition) is 1. The molecule has 0 bridgehead atoms. The van der Waals surface area contributed by atoms with Crippen molar-refractivity contribution < 1.29 is 19.2 Å². The molecule has 12 heteroatoms. The third-order valence-corrected chi connectivity index (χ3v) is 6.31. The molecule has 4 rings (SSSR count). The molecule has 35 heavy (non-hydrogen) atoms. The summed E-state index contributed by atoms with van der Waals surface area (Å²) in [4.78, 5) is 37.1. The molecule has 0 unspecified atom stereocenters. The van der Waals surface area contributed by atoms with Gasteiger partial charge in [-0.25, -0.2) is 9.97 Å². The van der Waals surface area contributed by atoms with E-state index in [4.69, 9.17) is 9.47 Å². The lowest BCUT2D eigenvalue weighted by Crippen LogP contribution is -2.44. The number of hydrogen-bond acceptors (Lipinski definition) is 10. The van der Waals surface area contributed by atoms with Gasteiger partial charge < -0.3 is 24.6 Å². The highest BCUT2D eigenvalue weighted by atomic mass is 32.1. The number of nitrogens with zero attached hydrogens (tertiary/aromatic N) is 5. The number of piperazine rings is 1. The minimum Gasteiger partial charge on any atom is -0.493 e. The van der Waals surface area contributed by atoms with Gasteiger partial charge in [-0.2, -0.15) is 0 Å². The molecule has 1 saturated heterocycles. The number of anilines is 1. The molecule has 0 spiro atoms. The molecule has 1 amide bonds. The van der Waals surface area contributed by atoms with E-state index in [1.54, 1.807) is 11.7 Å². The highest BCUT2D eigenvalue weighted by Crippen LogP contribution is 2.35. The quantitative estimate of drug-likeness (QED) is 0.350.